The third kappa shape index (κ3) is 7.85. The van der Waals surface area contributed by atoms with Crippen LogP contribution in [0.25, 0.3) is 0 Å². The zero-order chi connectivity index (χ0) is 19.9. The van der Waals surface area contributed by atoms with E-state index < -0.39 is 0 Å². The number of ether oxygens (including phenoxy) is 1. The van der Waals surface area contributed by atoms with Crippen LogP contribution in [-0.2, 0) is 10.2 Å². The molecule has 1 amide bonds. The van der Waals surface area contributed by atoms with Crippen LogP contribution in [0, 0.1) is 0 Å². The molecule has 1 atom stereocenters. The summed E-state index contributed by atoms with van der Waals surface area (Å²) in [5.74, 6) is 1.86. The van der Waals surface area contributed by atoms with Crippen LogP contribution < -0.4 is 15.4 Å². The number of hydrogen-bond donors (Lipinski definition) is 2. The van der Waals surface area contributed by atoms with Gasteiger partial charge in [0.15, 0.2) is 5.96 Å². The zero-order valence-electron chi connectivity index (χ0n) is 17.7. The van der Waals surface area contributed by atoms with Gasteiger partial charge in [-0.25, -0.2) is 4.99 Å². The molecule has 0 radical (unpaired) electrons. The van der Waals surface area contributed by atoms with E-state index in [-0.39, 0.29) is 41.3 Å². The lowest BCUT2D eigenvalue weighted by Gasteiger charge is -2.31. The molecule has 1 saturated heterocycles. The van der Waals surface area contributed by atoms with E-state index in [1.54, 1.807) is 4.90 Å². The van der Waals surface area contributed by atoms with E-state index in [1.165, 1.54) is 5.56 Å². The molecule has 2 rings (SSSR count). The van der Waals surface area contributed by atoms with Crippen molar-refractivity contribution in [3.05, 3.63) is 29.8 Å². The smallest absolute Gasteiger partial charge is 0.222 e. The lowest BCUT2D eigenvalue weighted by Crippen LogP contribution is -2.51. The van der Waals surface area contributed by atoms with E-state index in [2.05, 4.69) is 48.5 Å². The summed E-state index contributed by atoms with van der Waals surface area (Å²) in [5.41, 5.74) is 1.36. The summed E-state index contributed by atoms with van der Waals surface area (Å²) in [5, 5.41) is 6.69. The molecule has 0 bridgehead atoms. The highest BCUT2D eigenvalue weighted by molar-refractivity contribution is 14.0. The van der Waals surface area contributed by atoms with Gasteiger partial charge in [-0.05, 0) is 36.5 Å². The van der Waals surface area contributed by atoms with Crippen molar-refractivity contribution in [1.29, 1.82) is 0 Å². The highest BCUT2D eigenvalue weighted by Gasteiger charge is 2.23. The number of piperidine rings is 1. The van der Waals surface area contributed by atoms with Gasteiger partial charge in [0.1, 0.15) is 12.4 Å². The summed E-state index contributed by atoms with van der Waals surface area (Å²) in [7, 11) is 1.85. The fraction of sp³-hybridized carbons (Fsp3) is 0.619. The van der Waals surface area contributed by atoms with Crippen molar-refractivity contribution in [3.63, 3.8) is 0 Å². The van der Waals surface area contributed by atoms with E-state index in [0.29, 0.717) is 26.1 Å². The van der Waals surface area contributed by atoms with Crippen LogP contribution in [0.1, 0.15) is 46.1 Å². The first-order chi connectivity index (χ1) is 12.8. The molecule has 0 aromatic heterocycles. The quantitative estimate of drug-likeness (QED) is 0.272. The number of hydrogen-bond acceptors (Lipinski definition) is 3. The summed E-state index contributed by atoms with van der Waals surface area (Å²) in [4.78, 5) is 18.0. The number of aliphatic imine (C=N–C) groups is 1. The van der Waals surface area contributed by atoms with Crippen molar-refractivity contribution >= 4 is 35.8 Å². The first-order valence-electron chi connectivity index (χ1n) is 9.81. The molecule has 1 aromatic carbocycles. The summed E-state index contributed by atoms with van der Waals surface area (Å²) in [6.45, 7) is 11.2. The number of nitrogens with one attached hydrogen (secondary N) is 2. The van der Waals surface area contributed by atoms with Crippen LogP contribution in [0.2, 0.25) is 0 Å². The van der Waals surface area contributed by atoms with E-state index in [4.69, 9.17) is 4.74 Å². The molecule has 158 valence electrons. The summed E-state index contributed by atoms with van der Waals surface area (Å²) in [6, 6.07) is 8.48. The number of carbonyl (C=O) groups is 1. The van der Waals surface area contributed by atoms with Gasteiger partial charge < -0.3 is 20.3 Å². The predicted molar refractivity (Wildman–Crippen MR) is 126 cm³/mol. The normalized spacial score (nSPS) is 17.8. The van der Waals surface area contributed by atoms with Gasteiger partial charge >= 0.3 is 0 Å². The number of carbonyl (C=O) groups excluding carboxylic acids is 1. The van der Waals surface area contributed by atoms with Crippen molar-refractivity contribution in [3.8, 4) is 5.75 Å². The number of guanidine groups is 1. The Morgan fingerprint density at radius 1 is 1.36 bits per heavy atom. The first kappa shape index (κ1) is 24.5. The van der Waals surface area contributed by atoms with Gasteiger partial charge in [0.2, 0.25) is 5.91 Å². The lowest BCUT2D eigenvalue weighted by molar-refractivity contribution is -0.132. The van der Waals surface area contributed by atoms with Gasteiger partial charge in [0, 0.05) is 32.6 Å². The summed E-state index contributed by atoms with van der Waals surface area (Å²) >= 11 is 0. The average Bonchev–Trinajstić information content (AvgIpc) is 2.61. The molecule has 1 heterocycles. The van der Waals surface area contributed by atoms with Crippen molar-refractivity contribution in [2.75, 3.05) is 33.3 Å². The number of amides is 1. The van der Waals surface area contributed by atoms with E-state index >= 15 is 0 Å². The minimum atomic E-state index is 0. The summed E-state index contributed by atoms with van der Waals surface area (Å²) < 4.78 is 5.88. The van der Waals surface area contributed by atoms with E-state index in [9.17, 15) is 4.79 Å². The zero-order valence-corrected chi connectivity index (χ0v) is 20.1. The highest BCUT2D eigenvalue weighted by Crippen LogP contribution is 2.25. The SMILES string of the molecule is CCNC(=NCCOc1cccc(C(C)(C)C)c1)NC1CCC(=O)N(C)C1.I. The second-order valence-electron chi connectivity index (χ2n) is 8.04. The number of likely N-dealkylation sites (tertiary alicyclic amines) is 1. The van der Waals surface area contributed by atoms with Crippen LogP contribution in [0.4, 0.5) is 0 Å². The Hall–Kier alpha value is -1.51. The molecule has 2 N–H and O–H groups in total. The topological polar surface area (TPSA) is 66.0 Å². The molecule has 0 aliphatic carbocycles. The second kappa shape index (κ2) is 11.5. The molecule has 0 spiro atoms. The Morgan fingerprint density at radius 3 is 2.75 bits per heavy atom. The molecule has 1 aliphatic rings. The van der Waals surface area contributed by atoms with Gasteiger partial charge in [0.05, 0.1) is 6.54 Å². The maximum atomic E-state index is 11.6. The van der Waals surface area contributed by atoms with Crippen molar-refractivity contribution in [2.45, 2.75) is 52.0 Å². The maximum Gasteiger partial charge on any atom is 0.222 e. The predicted octanol–water partition coefficient (Wildman–Crippen LogP) is 3.16. The highest BCUT2D eigenvalue weighted by atomic mass is 127. The van der Waals surface area contributed by atoms with Crippen molar-refractivity contribution in [2.24, 2.45) is 4.99 Å². The second-order valence-corrected chi connectivity index (χ2v) is 8.04. The van der Waals surface area contributed by atoms with Crippen LogP contribution >= 0.6 is 24.0 Å². The Bertz CT molecular complexity index is 658. The minimum absolute atomic E-state index is 0. The fourth-order valence-electron chi connectivity index (χ4n) is 3.02. The maximum absolute atomic E-state index is 11.6. The fourth-order valence-corrected chi connectivity index (χ4v) is 3.02. The standard InChI is InChI=1S/C21H34N4O2.HI/c1-6-22-20(24-17-10-11-19(26)25(5)15-17)23-12-13-27-18-9-7-8-16(14-18)21(2,3)4;/h7-9,14,17H,6,10-13,15H2,1-5H3,(H2,22,23,24);1H. The molecular formula is C21H35IN4O2. The lowest BCUT2D eigenvalue weighted by atomic mass is 9.87. The number of likely N-dealkylation sites (N-methyl/N-ethyl adjacent to an activating group) is 1. The van der Waals surface area contributed by atoms with Crippen molar-refractivity contribution < 1.29 is 9.53 Å². The number of rotatable bonds is 6. The Balaban J connectivity index is 0.00000392. The number of halogens is 1. The molecule has 7 heteroatoms. The Labute approximate surface area is 186 Å². The van der Waals surface area contributed by atoms with Crippen LogP contribution in [0.3, 0.4) is 0 Å². The molecule has 1 unspecified atom stereocenters. The molecule has 1 aliphatic heterocycles. The monoisotopic (exact) mass is 502 g/mol. The first-order valence-corrected chi connectivity index (χ1v) is 9.81. The minimum Gasteiger partial charge on any atom is -0.492 e. The van der Waals surface area contributed by atoms with Crippen LogP contribution in [0.5, 0.6) is 5.75 Å². The van der Waals surface area contributed by atoms with Gasteiger partial charge in [-0.1, -0.05) is 32.9 Å². The number of nitrogens with zero attached hydrogens (tertiary/aromatic N) is 2. The molecule has 6 nitrogen and oxygen atoms in total. The molecule has 0 saturated carbocycles. The van der Waals surface area contributed by atoms with Crippen LogP contribution in [0.15, 0.2) is 29.3 Å². The summed E-state index contributed by atoms with van der Waals surface area (Å²) in [6.07, 6.45) is 1.42. The third-order valence-electron chi connectivity index (χ3n) is 4.64. The third-order valence-corrected chi connectivity index (χ3v) is 4.64. The van der Waals surface area contributed by atoms with Crippen molar-refractivity contribution in [1.82, 2.24) is 15.5 Å². The molecular weight excluding hydrogens is 467 g/mol. The van der Waals surface area contributed by atoms with E-state index in [0.717, 1.165) is 24.7 Å². The van der Waals surface area contributed by atoms with Gasteiger partial charge in [-0.15, -0.1) is 24.0 Å². The van der Waals surface area contributed by atoms with E-state index in [1.807, 2.05) is 26.1 Å². The molecule has 28 heavy (non-hydrogen) atoms. The number of benzene rings is 1. The average molecular weight is 502 g/mol. The van der Waals surface area contributed by atoms with Gasteiger partial charge in [0.25, 0.3) is 0 Å². The van der Waals surface area contributed by atoms with Crippen LogP contribution in [-0.4, -0.2) is 56.1 Å². The van der Waals surface area contributed by atoms with Gasteiger partial charge in [-0.3, -0.25) is 4.79 Å². The Kier molecular flexibility index (Phi) is 10.1. The Morgan fingerprint density at radius 2 is 2.11 bits per heavy atom. The molecule has 1 fully saturated rings. The van der Waals surface area contributed by atoms with Gasteiger partial charge in [-0.2, -0.15) is 0 Å². The molecule has 1 aromatic rings. The largest absolute Gasteiger partial charge is 0.492 e.